The minimum atomic E-state index is -2.67. The van der Waals surface area contributed by atoms with Crippen molar-refractivity contribution in [2.24, 2.45) is 0 Å². The maximum atomic E-state index is 13.7. The Bertz CT molecular complexity index is 1410. The van der Waals surface area contributed by atoms with Gasteiger partial charge in [-0.25, -0.2) is 18.7 Å². The molecule has 2 atom stereocenters. The summed E-state index contributed by atoms with van der Waals surface area (Å²) < 4.78 is 27.4. The third kappa shape index (κ3) is 3.85. The molecule has 8 heteroatoms. The number of aromatic nitrogens is 4. The Balaban J connectivity index is 1.12. The summed E-state index contributed by atoms with van der Waals surface area (Å²) in [6.07, 6.45) is 5.75. The second kappa shape index (κ2) is 8.35. The highest BCUT2D eigenvalue weighted by Crippen LogP contribution is 2.38. The van der Waals surface area contributed by atoms with E-state index in [1.54, 1.807) is 0 Å². The number of hydrogen-bond acceptors (Lipinski definition) is 4. The monoisotopic (exact) mass is 486 g/mol. The highest BCUT2D eigenvalue weighted by Gasteiger charge is 2.41. The van der Waals surface area contributed by atoms with Crippen LogP contribution in [0.2, 0.25) is 0 Å². The number of rotatable bonds is 4. The van der Waals surface area contributed by atoms with Crippen molar-refractivity contribution in [1.29, 1.82) is 0 Å². The standard InChI is InChI=1S/C28H28F2N6/c29-28(30)13-23(33-15-28)27-34-21-10-8-19-12-18(7-9-20(19)25(21)36-27)16-3-5-17(6-4-16)24-14-32-26(35-24)22-2-1-11-31-22/h3-7,9,12,14,22-23,31,33H,1-2,8,10-11,13,15H2,(H,32,35)(H,34,36)/t22-,23-/m0/s1. The molecule has 0 unspecified atom stereocenters. The summed E-state index contributed by atoms with van der Waals surface area (Å²) in [5.74, 6) is -1.04. The summed E-state index contributed by atoms with van der Waals surface area (Å²) >= 11 is 0. The number of nitrogens with one attached hydrogen (secondary N) is 4. The first kappa shape index (κ1) is 21.9. The predicted octanol–water partition coefficient (Wildman–Crippen LogP) is 5.33. The van der Waals surface area contributed by atoms with E-state index in [1.807, 2.05) is 6.20 Å². The van der Waals surface area contributed by atoms with Gasteiger partial charge in [0, 0.05) is 17.7 Å². The third-order valence-electron chi connectivity index (χ3n) is 7.76. The van der Waals surface area contributed by atoms with Crippen LogP contribution in [0.1, 0.15) is 54.3 Å². The van der Waals surface area contributed by atoms with Gasteiger partial charge < -0.3 is 20.6 Å². The van der Waals surface area contributed by atoms with Gasteiger partial charge in [-0.2, -0.15) is 0 Å². The van der Waals surface area contributed by atoms with Gasteiger partial charge in [-0.15, -0.1) is 0 Å². The predicted molar refractivity (Wildman–Crippen MR) is 135 cm³/mol. The third-order valence-corrected chi connectivity index (χ3v) is 7.76. The smallest absolute Gasteiger partial charge is 0.262 e. The van der Waals surface area contributed by atoms with Crippen LogP contribution in [0.25, 0.3) is 33.6 Å². The van der Waals surface area contributed by atoms with Crippen LogP contribution in [-0.2, 0) is 12.8 Å². The molecule has 4 aromatic rings. The molecule has 36 heavy (non-hydrogen) atoms. The van der Waals surface area contributed by atoms with Gasteiger partial charge in [0.05, 0.1) is 36.2 Å². The highest BCUT2D eigenvalue weighted by molar-refractivity contribution is 5.76. The topological polar surface area (TPSA) is 81.4 Å². The first-order chi connectivity index (χ1) is 17.5. The molecule has 0 spiro atoms. The van der Waals surface area contributed by atoms with E-state index < -0.39 is 12.0 Å². The van der Waals surface area contributed by atoms with Crippen LogP contribution >= 0.6 is 0 Å². The maximum Gasteiger partial charge on any atom is 0.262 e. The van der Waals surface area contributed by atoms with Gasteiger partial charge in [0.15, 0.2) is 0 Å². The molecule has 3 aliphatic rings. The van der Waals surface area contributed by atoms with Crippen molar-refractivity contribution in [3.8, 4) is 33.6 Å². The zero-order valence-corrected chi connectivity index (χ0v) is 19.9. The molecule has 0 amide bonds. The number of halogens is 2. The van der Waals surface area contributed by atoms with Crippen LogP contribution in [0, 0.1) is 0 Å². The first-order valence-electron chi connectivity index (χ1n) is 12.7. The number of alkyl halides is 2. The summed E-state index contributed by atoms with van der Waals surface area (Å²) in [6, 6.07) is 15.0. The Labute approximate surface area is 208 Å². The Kier molecular flexibility index (Phi) is 5.08. The molecule has 2 saturated heterocycles. The molecule has 1 aliphatic carbocycles. The molecule has 2 aromatic heterocycles. The minimum absolute atomic E-state index is 0.210. The number of imidazole rings is 2. The molecule has 2 aliphatic heterocycles. The zero-order valence-electron chi connectivity index (χ0n) is 19.9. The van der Waals surface area contributed by atoms with Gasteiger partial charge in [0.2, 0.25) is 0 Å². The largest absolute Gasteiger partial charge is 0.344 e. The molecule has 184 valence electrons. The molecule has 0 bridgehead atoms. The van der Waals surface area contributed by atoms with Gasteiger partial charge in [-0.1, -0.05) is 42.5 Å². The van der Waals surface area contributed by atoms with Crippen molar-refractivity contribution >= 4 is 0 Å². The maximum absolute atomic E-state index is 13.7. The lowest BCUT2D eigenvalue weighted by Gasteiger charge is -2.16. The molecule has 0 radical (unpaired) electrons. The SMILES string of the molecule is FC1(F)CN[C@H](c2nc3c([nH]2)CCc2cc(-c4ccc(-c5cnc([C@@H]6CCCN6)[nH]5)cc4)ccc2-3)C1. The fourth-order valence-electron chi connectivity index (χ4n) is 5.80. The van der Waals surface area contributed by atoms with E-state index in [0.29, 0.717) is 11.9 Å². The lowest BCUT2D eigenvalue weighted by Crippen LogP contribution is -2.19. The first-order valence-corrected chi connectivity index (χ1v) is 12.7. The Hall–Kier alpha value is -3.36. The van der Waals surface area contributed by atoms with Crippen LogP contribution in [0.5, 0.6) is 0 Å². The number of aryl methyl sites for hydroxylation is 2. The quantitative estimate of drug-likeness (QED) is 0.315. The van der Waals surface area contributed by atoms with E-state index in [-0.39, 0.29) is 13.0 Å². The number of benzene rings is 2. The van der Waals surface area contributed by atoms with Crippen LogP contribution < -0.4 is 10.6 Å². The average Bonchev–Trinajstić information content (AvgIpc) is 3.69. The summed E-state index contributed by atoms with van der Waals surface area (Å²) in [5.41, 5.74) is 8.75. The summed E-state index contributed by atoms with van der Waals surface area (Å²) in [5, 5.41) is 6.39. The second-order valence-corrected chi connectivity index (χ2v) is 10.2. The summed E-state index contributed by atoms with van der Waals surface area (Å²) in [7, 11) is 0. The normalized spacial score (nSPS) is 22.5. The second-order valence-electron chi connectivity index (χ2n) is 10.2. The molecule has 0 saturated carbocycles. The van der Waals surface area contributed by atoms with E-state index >= 15 is 0 Å². The van der Waals surface area contributed by atoms with Gasteiger partial charge in [0.25, 0.3) is 5.92 Å². The lowest BCUT2D eigenvalue weighted by molar-refractivity contribution is 0.0208. The molecule has 4 N–H and O–H groups in total. The molecule has 7 rings (SSSR count). The number of aromatic amines is 2. The van der Waals surface area contributed by atoms with Gasteiger partial charge >= 0.3 is 0 Å². The van der Waals surface area contributed by atoms with E-state index in [4.69, 9.17) is 4.98 Å². The summed E-state index contributed by atoms with van der Waals surface area (Å²) in [4.78, 5) is 16.1. The Morgan fingerprint density at radius 3 is 2.47 bits per heavy atom. The van der Waals surface area contributed by atoms with Crippen LogP contribution in [0.3, 0.4) is 0 Å². The van der Waals surface area contributed by atoms with Crippen LogP contribution in [0.15, 0.2) is 48.7 Å². The highest BCUT2D eigenvalue weighted by atomic mass is 19.3. The molecular weight excluding hydrogens is 458 g/mol. The van der Waals surface area contributed by atoms with Gasteiger partial charge in [-0.3, -0.25) is 0 Å². The summed E-state index contributed by atoms with van der Waals surface area (Å²) in [6.45, 7) is 0.760. The number of nitrogens with zero attached hydrogens (tertiary/aromatic N) is 2. The van der Waals surface area contributed by atoms with Crippen molar-refractivity contribution in [1.82, 2.24) is 30.6 Å². The van der Waals surface area contributed by atoms with E-state index in [1.165, 1.54) is 12.0 Å². The van der Waals surface area contributed by atoms with E-state index in [9.17, 15) is 8.78 Å². The number of fused-ring (bicyclic) bond motifs is 3. The molecular formula is C28H28F2N6. The van der Waals surface area contributed by atoms with Gasteiger partial charge in [-0.05, 0) is 54.5 Å². The average molecular weight is 487 g/mol. The van der Waals surface area contributed by atoms with Crippen LogP contribution in [-0.4, -0.2) is 38.9 Å². The van der Waals surface area contributed by atoms with Gasteiger partial charge in [0.1, 0.15) is 11.6 Å². The van der Waals surface area contributed by atoms with Crippen LogP contribution in [0.4, 0.5) is 8.78 Å². The number of H-pyrrole nitrogens is 2. The minimum Gasteiger partial charge on any atom is -0.344 e. The Morgan fingerprint density at radius 1 is 0.861 bits per heavy atom. The molecule has 6 nitrogen and oxygen atoms in total. The van der Waals surface area contributed by atoms with E-state index in [2.05, 4.69) is 68.1 Å². The van der Waals surface area contributed by atoms with Crippen molar-refractivity contribution in [3.05, 3.63) is 71.6 Å². The Morgan fingerprint density at radius 2 is 1.69 bits per heavy atom. The van der Waals surface area contributed by atoms with Crippen molar-refractivity contribution < 1.29 is 8.78 Å². The number of hydrogen-bond donors (Lipinski definition) is 4. The fourth-order valence-corrected chi connectivity index (χ4v) is 5.80. The van der Waals surface area contributed by atoms with Crippen molar-refractivity contribution in [2.45, 2.75) is 50.1 Å². The van der Waals surface area contributed by atoms with Crippen molar-refractivity contribution in [2.75, 3.05) is 13.1 Å². The molecule has 2 fully saturated rings. The lowest BCUT2D eigenvalue weighted by atomic mass is 9.89. The van der Waals surface area contributed by atoms with E-state index in [0.717, 1.165) is 71.0 Å². The molecule has 4 heterocycles. The zero-order chi connectivity index (χ0) is 24.3. The fraction of sp³-hybridized carbons (Fsp3) is 0.357. The van der Waals surface area contributed by atoms with Crippen molar-refractivity contribution in [3.63, 3.8) is 0 Å². The molecule has 2 aromatic carbocycles.